The fraction of sp³-hybridized carbons (Fsp3) is 0.278. The quantitative estimate of drug-likeness (QED) is 0.611. The van der Waals surface area contributed by atoms with Crippen LogP contribution in [0.3, 0.4) is 0 Å². The largest absolute Gasteiger partial charge is 0.465 e. The van der Waals surface area contributed by atoms with Gasteiger partial charge in [0.05, 0.1) is 20.7 Å². The number of benzene rings is 2. The van der Waals surface area contributed by atoms with Gasteiger partial charge in [-0.25, -0.2) is 4.79 Å². The molecule has 0 unspecified atom stereocenters. The predicted octanol–water partition coefficient (Wildman–Crippen LogP) is 4.48. The van der Waals surface area contributed by atoms with Crippen molar-refractivity contribution in [2.45, 2.75) is 36.4 Å². The van der Waals surface area contributed by atoms with Crippen molar-refractivity contribution < 1.29 is 9.53 Å². The molecule has 2 nitrogen and oxygen atoms in total. The van der Waals surface area contributed by atoms with Crippen molar-refractivity contribution in [1.29, 1.82) is 0 Å². The minimum absolute atomic E-state index is 0.296. The lowest BCUT2D eigenvalue weighted by atomic mass is 10.2. The molecule has 0 amide bonds. The van der Waals surface area contributed by atoms with Crippen molar-refractivity contribution in [1.82, 2.24) is 0 Å². The van der Waals surface area contributed by atoms with Crippen LogP contribution in [0.2, 0.25) is 19.6 Å². The Balaban J connectivity index is 2.31. The first-order chi connectivity index (χ1) is 10.3. The van der Waals surface area contributed by atoms with Crippen LogP contribution in [-0.4, -0.2) is 21.2 Å². The van der Waals surface area contributed by atoms with E-state index in [0.717, 1.165) is 4.90 Å². The minimum Gasteiger partial charge on any atom is -0.465 e. The van der Waals surface area contributed by atoms with Gasteiger partial charge in [-0.2, -0.15) is 0 Å². The Morgan fingerprint density at radius 3 is 2.23 bits per heavy atom. The van der Waals surface area contributed by atoms with E-state index in [9.17, 15) is 4.79 Å². The number of hydrogen-bond donors (Lipinski definition) is 0. The van der Waals surface area contributed by atoms with Crippen LogP contribution in [-0.2, 0) is 4.74 Å². The number of methoxy groups -OCH3 is 1. The van der Waals surface area contributed by atoms with Crippen LogP contribution in [0.4, 0.5) is 0 Å². The molecule has 0 heterocycles. The SMILES string of the molecule is COC(=O)c1ccc(Sc2cc(C)ccc2[Si](C)(C)C)cc1. The lowest BCUT2D eigenvalue weighted by Gasteiger charge is -2.21. The lowest BCUT2D eigenvalue weighted by molar-refractivity contribution is 0.0600. The van der Waals surface area contributed by atoms with E-state index < -0.39 is 8.07 Å². The van der Waals surface area contributed by atoms with Gasteiger partial charge in [-0.05, 0) is 42.4 Å². The van der Waals surface area contributed by atoms with Crippen LogP contribution >= 0.6 is 11.8 Å². The smallest absolute Gasteiger partial charge is 0.337 e. The number of hydrogen-bond acceptors (Lipinski definition) is 3. The summed E-state index contributed by atoms with van der Waals surface area (Å²) in [6.45, 7) is 9.21. The molecule has 4 heteroatoms. The molecule has 0 aliphatic rings. The summed E-state index contributed by atoms with van der Waals surface area (Å²) in [4.78, 5) is 14.0. The van der Waals surface area contributed by atoms with Gasteiger partial charge < -0.3 is 4.74 Å². The Morgan fingerprint density at radius 1 is 1.05 bits per heavy atom. The molecule has 0 aromatic heterocycles. The van der Waals surface area contributed by atoms with Crippen LogP contribution in [0, 0.1) is 6.92 Å². The highest BCUT2D eigenvalue weighted by atomic mass is 32.2. The molecule has 2 aromatic carbocycles. The molecule has 0 aliphatic carbocycles. The van der Waals surface area contributed by atoms with Crippen LogP contribution in [0.5, 0.6) is 0 Å². The Kier molecular flexibility index (Phi) is 5.14. The van der Waals surface area contributed by atoms with Gasteiger partial charge in [0.15, 0.2) is 0 Å². The lowest BCUT2D eigenvalue weighted by Crippen LogP contribution is -2.38. The fourth-order valence-corrected chi connectivity index (χ4v) is 5.65. The highest BCUT2D eigenvalue weighted by Gasteiger charge is 2.20. The van der Waals surface area contributed by atoms with E-state index in [1.54, 1.807) is 11.8 Å². The second-order valence-electron chi connectivity index (χ2n) is 6.37. The molecule has 0 saturated carbocycles. The minimum atomic E-state index is -1.38. The number of esters is 1. The van der Waals surface area contributed by atoms with E-state index in [0.29, 0.717) is 5.56 Å². The van der Waals surface area contributed by atoms with Crippen LogP contribution in [0.15, 0.2) is 52.3 Å². The maximum Gasteiger partial charge on any atom is 0.337 e. The van der Waals surface area contributed by atoms with Gasteiger partial charge in [0, 0.05) is 9.79 Å². The Hall–Kier alpha value is -1.52. The number of rotatable bonds is 4. The average molecular weight is 331 g/mol. The van der Waals surface area contributed by atoms with Crippen molar-refractivity contribution in [2.24, 2.45) is 0 Å². The molecule has 2 aromatic rings. The molecule has 116 valence electrons. The van der Waals surface area contributed by atoms with E-state index in [1.165, 1.54) is 22.8 Å². The number of carbonyl (C=O) groups excluding carboxylic acids is 1. The normalized spacial score (nSPS) is 11.3. The third-order valence-electron chi connectivity index (χ3n) is 3.45. The summed E-state index contributed by atoms with van der Waals surface area (Å²) in [6, 6.07) is 14.3. The zero-order valence-electron chi connectivity index (χ0n) is 13.8. The van der Waals surface area contributed by atoms with Crippen molar-refractivity contribution in [3.05, 3.63) is 53.6 Å². The molecule has 0 aliphatic heterocycles. The predicted molar refractivity (Wildman–Crippen MR) is 96.1 cm³/mol. The summed E-state index contributed by atoms with van der Waals surface area (Å²) in [5.41, 5.74) is 1.86. The highest BCUT2D eigenvalue weighted by molar-refractivity contribution is 7.99. The van der Waals surface area contributed by atoms with Gasteiger partial charge in [0.2, 0.25) is 0 Å². The van der Waals surface area contributed by atoms with Gasteiger partial charge in [-0.1, -0.05) is 49.1 Å². The first-order valence-corrected chi connectivity index (χ1v) is 11.6. The van der Waals surface area contributed by atoms with Crippen LogP contribution in [0.1, 0.15) is 15.9 Å². The Morgan fingerprint density at radius 2 is 1.68 bits per heavy atom. The zero-order chi connectivity index (χ0) is 16.3. The van der Waals surface area contributed by atoms with E-state index in [1.807, 2.05) is 24.3 Å². The Labute approximate surface area is 137 Å². The highest BCUT2D eigenvalue weighted by Crippen LogP contribution is 2.29. The molecule has 0 saturated heterocycles. The molecule has 0 fully saturated rings. The molecule has 22 heavy (non-hydrogen) atoms. The molecule has 0 N–H and O–H groups in total. The fourth-order valence-electron chi connectivity index (χ4n) is 2.24. The summed E-state index contributed by atoms with van der Waals surface area (Å²) < 4.78 is 4.73. The standard InChI is InChI=1S/C18H22O2SSi/c1-13-6-11-17(22(3,4)5)16(12-13)21-15-9-7-14(8-10-15)18(19)20-2/h6-12H,1-5H3. The van der Waals surface area contributed by atoms with Gasteiger partial charge in [0.1, 0.15) is 0 Å². The summed E-state index contributed by atoms with van der Waals surface area (Å²) in [6.07, 6.45) is 0. The third kappa shape index (κ3) is 4.02. The first-order valence-electron chi connectivity index (χ1n) is 7.28. The summed E-state index contributed by atoms with van der Waals surface area (Å²) in [5.74, 6) is -0.296. The topological polar surface area (TPSA) is 26.3 Å². The molecular weight excluding hydrogens is 308 g/mol. The van der Waals surface area contributed by atoms with E-state index in [4.69, 9.17) is 4.74 Å². The number of carbonyl (C=O) groups is 1. The molecule has 0 atom stereocenters. The molecule has 0 spiro atoms. The summed E-state index contributed by atoms with van der Waals surface area (Å²) >= 11 is 1.77. The molecule has 0 bridgehead atoms. The summed E-state index contributed by atoms with van der Waals surface area (Å²) in [7, 11) is 0.0166. The second kappa shape index (κ2) is 6.71. The first kappa shape index (κ1) is 16.8. The van der Waals surface area contributed by atoms with Gasteiger partial charge in [-0.3, -0.25) is 0 Å². The summed E-state index contributed by atoms with van der Waals surface area (Å²) in [5, 5.41) is 1.47. The van der Waals surface area contributed by atoms with Crippen LogP contribution in [0.25, 0.3) is 0 Å². The van der Waals surface area contributed by atoms with E-state index in [-0.39, 0.29) is 5.97 Å². The van der Waals surface area contributed by atoms with Crippen LogP contribution < -0.4 is 5.19 Å². The second-order valence-corrected chi connectivity index (χ2v) is 12.5. The molecule has 2 rings (SSSR count). The van der Waals surface area contributed by atoms with Gasteiger partial charge >= 0.3 is 5.97 Å². The maximum atomic E-state index is 11.5. The van der Waals surface area contributed by atoms with E-state index in [2.05, 4.69) is 44.8 Å². The maximum absolute atomic E-state index is 11.5. The Bertz CT molecular complexity index is 672. The van der Waals surface area contributed by atoms with E-state index >= 15 is 0 Å². The van der Waals surface area contributed by atoms with Crippen molar-refractivity contribution in [3.8, 4) is 0 Å². The molecular formula is C18H22O2SSi. The van der Waals surface area contributed by atoms with Gasteiger partial charge in [-0.15, -0.1) is 0 Å². The van der Waals surface area contributed by atoms with Gasteiger partial charge in [0.25, 0.3) is 0 Å². The average Bonchev–Trinajstić information content (AvgIpc) is 2.46. The van der Waals surface area contributed by atoms with Crippen molar-refractivity contribution in [2.75, 3.05) is 7.11 Å². The van der Waals surface area contributed by atoms with Crippen molar-refractivity contribution in [3.63, 3.8) is 0 Å². The number of ether oxygens (including phenoxy) is 1. The van der Waals surface area contributed by atoms with Crippen molar-refractivity contribution >= 4 is 31.0 Å². The zero-order valence-corrected chi connectivity index (χ0v) is 15.6. The monoisotopic (exact) mass is 330 g/mol. The number of aryl methyl sites for hydroxylation is 1. The molecule has 0 radical (unpaired) electrons. The third-order valence-corrected chi connectivity index (χ3v) is 6.75.